The maximum absolute atomic E-state index is 12.6. The first-order valence-electron chi connectivity index (χ1n) is 9.94. The average Bonchev–Trinajstić information content (AvgIpc) is 3.40. The van der Waals surface area contributed by atoms with Crippen molar-refractivity contribution in [1.82, 2.24) is 0 Å². The molecule has 5 nitrogen and oxygen atoms in total. The first-order valence-corrected chi connectivity index (χ1v) is 10.8. The highest BCUT2D eigenvalue weighted by Gasteiger charge is 2.17. The van der Waals surface area contributed by atoms with Crippen molar-refractivity contribution >= 4 is 39.6 Å². The zero-order valence-corrected chi connectivity index (χ0v) is 17.5. The molecule has 1 amide bonds. The van der Waals surface area contributed by atoms with Gasteiger partial charge in [-0.05, 0) is 59.8 Å². The SMILES string of the molecule is COc1ccc2c(CC(=O)Nc3ccc(N4CCc5sccc5C4)cc3)coc2c1. The molecule has 0 radical (unpaired) electrons. The standard InChI is InChI=1S/C24H22N2O3S/c1-28-20-6-7-21-17(15-29-22(21)13-20)12-24(27)25-18-2-4-19(5-3-18)26-10-8-23-16(14-26)9-11-30-23/h2-7,9,11,13,15H,8,10,12,14H2,1H3,(H,25,27). The number of nitrogens with zero attached hydrogens (tertiary/aromatic N) is 1. The van der Waals surface area contributed by atoms with Gasteiger partial charge in [-0.3, -0.25) is 4.79 Å². The van der Waals surface area contributed by atoms with E-state index in [-0.39, 0.29) is 12.3 Å². The first kappa shape index (κ1) is 18.8. The van der Waals surface area contributed by atoms with E-state index in [1.807, 2.05) is 41.7 Å². The molecule has 4 aromatic rings. The Kier molecular flexibility index (Phi) is 4.93. The lowest BCUT2D eigenvalue weighted by atomic mass is 10.1. The van der Waals surface area contributed by atoms with Crippen molar-refractivity contribution in [2.24, 2.45) is 0 Å². The van der Waals surface area contributed by atoms with Crippen LogP contribution in [0.15, 0.2) is 64.6 Å². The summed E-state index contributed by atoms with van der Waals surface area (Å²) in [4.78, 5) is 16.4. The van der Waals surface area contributed by atoms with E-state index in [2.05, 4.69) is 33.8 Å². The van der Waals surface area contributed by atoms with Gasteiger partial charge in [0.25, 0.3) is 0 Å². The van der Waals surface area contributed by atoms with Crippen LogP contribution >= 0.6 is 11.3 Å². The van der Waals surface area contributed by atoms with Crippen molar-refractivity contribution in [3.8, 4) is 5.75 Å². The first-order chi connectivity index (χ1) is 14.7. The van der Waals surface area contributed by atoms with E-state index in [1.165, 1.54) is 16.1 Å². The van der Waals surface area contributed by atoms with Crippen LogP contribution in [0.4, 0.5) is 11.4 Å². The molecule has 0 atom stereocenters. The topological polar surface area (TPSA) is 54.7 Å². The highest BCUT2D eigenvalue weighted by Crippen LogP contribution is 2.29. The van der Waals surface area contributed by atoms with Gasteiger partial charge in [0.15, 0.2) is 0 Å². The zero-order valence-electron chi connectivity index (χ0n) is 16.7. The number of hydrogen-bond acceptors (Lipinski definition) is 5. The van der Waals surface area contributed by atoms with Gasteiger partial charge in [0.1, 0.15) is 11.3 Å². The summed E-state index contributed by atoms with van der Waals surface area (Å²) >= 11 is 1.85. The van der Waals surface area contributed by atoms with Gasteiger partial charge in [-0.2, -0.15) is 0 Å². The number of anilines is 2. The summed E-state index contributed by atoms with van der Waals surface area (Å²) in [7, 11) is 1.62. The lowest BCUT2D eigenvalue weighted by molar-refractivity contribution is -0.115. The molecular formula is C24H22N2O3S. The van der Waals surface area contributed by atoms with E-state index in [4.69, 9.17) is 9.15 Å². The van der Waals surface area contributed by atoms with Crippen LogP contribution in [0.3, 0.4) is 0 Å². The van der Waals surface area contributed by atoms with Crippen LogP contribution in [0.25, 0.3) is 11.0 Å². The summed E-state index contributed by atoms with van der Waals surface area (Å²) in [5.41, 5.74) is 4.98. The minimum atomic E-state index is -0.0674. The summed E-state index contributed by atoms with van der Waals surface area (Å²) in [6.45, 7) is 1.97. The predicted molar refractivity (Wildman–Crippen MR) is 121 cm³/mol. The molecule has 5 rings (SSSR count). The second-order valence-electron chi connectivity index (χ2n) is 7.44. The Morgan fingerprint density at radius 2 is 2.07 bits per heavy atom. The minimum Gasteiger partial charge on any atom is -0.497 e. The van der Waals surface area contributed by atoms with E-state index in [0.717, 1.165) is 47.5 Å². The fraction of sp³-hybridized carbons (Fsp3) is 0.208. The van der Waals surface area contributed by atoms with Gasteiger partial charge >= 0.3 is 0 Å². The Bertz CT molecular complexity index is 1190. The van der Waals surface area contributed by atoms with Crippen LogP contribution in [0.1, 0.15) is 16.0 Å². The van der Waals surface area contributed by atoms with Gasteiger partial charge in [-0.25, -0.2) is 0 Å². The molecule has 1 aliphatic rings. The van der Waals surface area contributed by atoms with Crippen LogP contribution in [0, 0.1) is 0 Å². The molecule has 30 heavy (non-hydrogen) atoms. The monoisotopic (exact) mass is 418 g/mol. The van der Waals surface area contributed by atoms with E-state index in [9.17, 15) is 4.79 Å². The van der Waals surface area contributed by atoms with E-state index < -0.39 is 0 Å². The Hall–Kier alpha value is -3.25. The number of hydrogen-bond donors (Lipinski definition) is 1. The minimum absolute atomic E-state index is 0.0674. The molecule has 0 saturated carbocycles. The summed E-state index contributed by atoms with van der Waals surface area (Å²) in [6.07, 6.45) is 2.99. The molecule has 0 unspecified atom stereocenters. The normalized spacial score (nSPS) is 13.3. The van der Waals surface area contributed by atoms with E-state index in [1.54, 1.807) is 13.4 Å². The fourth-order valence-electron chi connectivity index (χ4n) is 3.93. The molecule has 6 heteroatoms. The van der Waals surface area contributed by atoms with Crippen molar-refractivity contribution in [2.75, 3.05) is 23.9 Å². The molecule has 0 spiro atoms. The molecule has 1 N–H and O–H groups in total. The second-order valence-corrected chi connectivity index (χ2v) is 8.44. The molecule has 152 valence electrons. The smallest absolute Gasteiger partial charge is 0.228 e. The van der Waals surface area contributed by atoms with Gasteiger partial charge in [-0.15, -0.1) is 11.3 Å². The Morgan fingerprint density at radius 3 is 2.90 bits per heavy atom. The maximum atomic E-state index is 12.6. The number of methoxy groups -OCH3 is 1. The third-order valence-electron chi connectivity index (χ3n) is 5.54. The fourth-order valence-corrected chi connectivity index (χ4v) is 4.82. The number of carbonyl (C=O) groups excluding carboxylic acids is 1. The van der Waals surface area contributed by atoms with Crippen molar-refractivity contribution in [3.05, 3.63) is 76.2 Å². The number of amides is 1. The summed E-state index contributed by atoms with van der Waals surface area (Å²) < 4.78 is 10.8. The Morgan fingerprint density at radius 1 is 1.20 bits per heavy atom. The van der Waals surface area contributed by atoms with Crippen molar-refractivity contribution in [3.63, 3.8) is 0 Å². The average molecular weight is 419 g/mol. The highest BCUT2D eigenvalue weighted by atomic mass is 32.1. The number of furan rings is 1. The lowest BCUT2D eigenvalue weighted by Gasteiger charge is -2.29. The lowest BCUT2D eigenvalue weighted by Crippen LogP contribution is -2.29. The van der Waals surface area contributed by atoms with Crippen molar-refractivity contribution in [2.45, 2.75) is 19.4 Å². The van der Waals surface area contributed by atoms with Crippen LogP contribution in [0.5, 0.6) is 5.75 Å². The van der Waals surface area contributed by atoms with Gasteiger partial charge in [-0.1, -0.05) is 0 Å². The number of benzene rings is 2. The number of fused-ring (bicyclic) bond motifs is 2. The van der Waals surface area contributed by atoms with Gasteiger partial charge in [0, 0.05) is 46.4 Å². The quantitative estimate of drug-likeness (QED) is 0.481. The number of ether oxygens (including phenoxy) is 1. The van der Waals surface area contributed by atoms with Crippen LogP contribution < -0.4 is 15.0 Å². The molecule has 0 bridgehead atoms. The maximum Gasteiger partial charge on any atom is 0.228 e. The molecule has 2 aromatic heterocycles. The number of nitrogens with one attached hydrogen (secondary N) is 1. The molecule has 0 aliphatic carbocycles. The number of carbonyl (C=O) groups is 1. The van der Waals surface area contributed by atoms with Gasteiger partial charge < -0.3 is 19.4 Å². The predicted octanol–water partition coefficient (Wildman–Crippen LogP) is 5.25. The third kappa shape index (κ3) is 3.66. The van der Waals surface area contributed by atoms with Crippen LogP contribution in [-0.4, -0.2) is 19.6 Å². The Labute approximate surface area is 178 Å². The summed E-state index contributed by atoms with van der Waals surface area (Å²) in [6, 6.07) is 15.9. The molecule has 2 aromatic carbocycles. The summed E-state index contributed by atoms with van der Waals surface area (Å²) in [5, 5.41) is 6.09. The highest BCUT2D eigenvalue weighted by molar-refractivity contribution is 7.10. The van der Waals surface area contributed by atoms with Crippen LogP contribution in [0.2, 0.25) is 0 Å². The summed E-state index contributed by atoms with van der Waals surface area (Å²) in [5.74, 6) is 0.666. The molecule has 0 fully saturated rings. The van der Waals surface area contributed by atoms with E-state index >= 15 is 0 Å². The number of thiophene rings is 1. The largest absolute Gasteiger partial charge is 0.497 e. The van der Waals surface area contributed by atoms with Crippen molar-refractivity contribution in [1.29, 1.82) is 0 Å². The molecule has 1 aliphatic heterocycles. The Balaban J connectivity index is 1.23. The molecular weight excluding hydrogens is 396 g/mol. The van der Waals surface area contributed by atoms with Gasteiger partial charge in [0.05, 0.1) is 19.8 Å². The molecule has 0 saturated heterocycles. The number of rotatable bonds is 5. The van der Waals surface area contributed by atoms with Crippen LogP contribution in [-0.2, 0) is 24.2 Å². The zero-order chi connectivity index (χ0) is 20.5. The van der Waals surface area contributed by atoms with E-state index in [0.29, 0.717) is 0 Å². The van der Waals surface area contributed by atoms with Gasteiger partial charge in [0.2, 0.25) is 5.91 Å². The molecule has 3 heterocycles. The van der Waals surface area contributed by atoms with Crippen molar-refractivity contribution < 1.29 is 13.9 Å². The second kappa shape index (κ2) is 7.88. The third-order valence-corrected chi connectivity index (χ3v) is 6.56.